The third kappa shape index (κ3) is 3.45. The van der Waals surface area contributed by atoms with Crippen molar-refractivity contribution in [3.8, 4) is 0 Å². The summed E-state index contributed by atoms with van der Waals surface area (Å²) in [7, 11) is 1.88. The topological polar surface area (TPSA) is 36.4 Å². The summed E-state index contributed by atoms with van der Waals surface area (Å²) in [5, 5.41) is 0.361. The second-order valence-corrected chi connectivity index (χ2v) is 5.34. The van der Waals surface area contributed by atoms with Crippen LogP contribution in [0.25, 0.3) is 0 Å². The maximum absolute atomic E-state index is 12.4. The quantitative estimate of drug-likeness (QED) is 0.798. The molecular weight excluding hydrogens is 262 g/mol. The van der Waals surface area contributed by atoms with Crippen LogP contribution in [0.15, 0.2) is 18.3 Å². The molecule has 0 bridgehead atoms. The van der Waals surface area contributed by atoms with Crippen molar-refractivity contribution in [2.45, 2.75) is 25.8 Å². The number of hydrogen-bond acceptors (Lipinski definition) is 3. The molecule has 2 rings (SSSR count). The van der Waals surface area contributed by atoms with E-state index in [9.17, 15) is 4.79 Å². The lowest BCUT2D eigenvalue weighted by atomic mass is 10.0. The van der Waals surface area contributed by atoms with Gasteiger partial charge in [-0.1, -0.05) is 18.5 Å². The molecule has 0 saturated carbocycles. The predicted molar refractivity (Wildman–Crippen MR) is 76.5 cm³/mol. The number of nitrogens with zero attached hydrogens (tertiary/aromatic N) is 3. The van der Waals surface area contributed by atoms with E-state index in [0.29, 0.717) is 16.8 Å². The number of halogens is 1. The van der Waals surface area contributed by atoms with E-state index in [1.807, 2.05) is 11.9 Å². The minimum absolute atomic E-state index is 0.0271. The van der Waals surface area contributed by atoms with Crippen LogP contribution in [0.5, 0.6) is 0 Å². The molecule has 1 aromatic rings. The highest BCUT2D eigenvalue weighted by Gasteiger charge is 2.25. The summed E-state index contributed by atoms with van der Waals surface area (Å²) in [4.78, 5) is 20.5. The molecule has 0 aromatic carbocycles. The van der Waals surface area contributed by atoms with Gasteiger partial charge in [0.1, 0.15) is 5.15 Å². The van der Waals surface area contributed by atoms with Gasteiger partial charge in [0.05, 0.1) is 0 Å². The van der Waals surface area contributed by atoms with Crippen LogP contribution in [0.1, 0.15) is 30.1 Å². The number of rotatable bonds is 3. The highest BCUT2D eigenvalue weighted by atomic mass is 35.5. The van der Waals surface area contributed by atoms with Gasteiger partial charge >= 0.3 is 0 Å². The zero-order chi connectivity index (χ0) is 13.8. The molecule has 1 aliphatic rings. The SMILES string of the molecule is CCN1CCC(N(C)C(=O)c2ccnc(Cl)c2)CC1. The standard InChI is InChI=1S/C14H20ClN3O/c1-3-18-8-5-12(6-9-18)17(2)14(19)11-4-7-16-13(15)10-11/h4,7,10,12H,3,5-6,8-9H2,1-2H3. The Bertz CT molecular complexity index is 444. The van der Waals surface area contributed by atoms with E-state index in [1.54, 1.807) is 18.3 Å². The Balaban J connectivity index is 2.00. The van der Waals surface area contributed by atoms with Crippen molar-refractivity contribution in [2.75, 3.05) is 26.7 Å². The Kier molecular flexibility index (Phi) is 4.77. The van der Waals surface area contributed by atoms with E-state index in [2.05, 4.69) is 16.8 Å². The van der Waals surface area contributed by atoms with E-state index < -0.39 is 0 Å². The van der Waals surface area contributed by atoms with E-state index in [-0.39, 0.29) is 5.91 Å². The average Bonchev–Trinajstić information content (AvgIpc) is 2.46. The maximum atomic E-state index is 12.4. The first-order chi connectivity index (χ1) is 9.11. The Hall–Kier alpha value is -1.13. The fourth-order valence-electron chi connectivity index (χ4n) is 2.53. The molecule has 0 atom stereocenters. The molecule has 1 aliphatic heterocycles. The van der Waals surface area contributed by atoms with Gasteiger partial charge in [-0.2, -0.15) is 0 Å². The molecule has 1 saturated heterocycles. The highest BCUT2D eigenvalue weighted by molar-refractivity contribution is 6.29. The summed E-state index contributed by atoms with van der Waals surface area (Å²) in [5.41, 5.74) is 0.612. The van der Waals surface area contributed by atoms with Gasteiger partial charge in [-0.15, -0.1) is 0 Å². The molecule has 2 heterocycles. The maximum Gasteiger partial charge on any atom is 0.254 e. The second kappa shape index (κ2) is 6.35. The van der Waals surface area contributed by atoms with Gasteiger partial charge in [0, 0.05) is 37.9 Å². The number of carbonyl (C=O) groups excluding carboxylic acids is 1. The molecule has 104 valence electrons. The van der Waals surface area contributed by atoms with Crippen molar-refractivity contribution in [1.82, 2.24) is 14.8 Å². The number of amides is 1. The molecule has 0 spiro atoms. The van der Waals surface area contributed by atoms with Gasteiger partial charge in [-0.05, 0) is 31.5 Å². The molecule has 1 amide bonds. The fourth-order valence-corrected chi connectivity index (χ4v) is 2.70. The first-order valence-corrected chi connectivity index (χ1v) is 7.10. The van der Waals surface area contributed by atoms with E-state index in [1.165, 1.54) is 0 Å². The number of piperidine rings is 1. The lowest BCUT2D eigenvalue weighted by Gasteiger charge is -2.36. The third-order valence-corrected chi connectivity index (χ3v) is 4.05. The summed E-state index contributed by atoms with van der Waals surface area (Å²) in [6.07, 6.45) is 3.65. The molecule has 0 N–H and O–H groups in total. The first kappa shape index (κ1) is 14.3. The van der Waals surface area contributed by atoms with Gasteiger partial charge in [0.15, 0.2) is 0 Å². The van der Waals surface area contributed by atoms with Gasteiger partial charge < -0.3 is 9.80 Å². The molecule has 1 fully saturated rings. The molecule has 1 aromatic heterocycles. The number of carbonyl (C=O) groups is 1. The number of aromatic nitrogens is 1. The van der Waals surface area contributed by atoms with Crippen molar-refractivity contribution >= 4 is 17.5 Å². The monoisotopic (exact) mass is 281 g/mol. The molecule has 4 nitrogen and oxygen atoms in total. The minimum atomic E-state index is 0.0271. The van der Waals surface area contributed by atoms with Crippen LogP contribution in [0.3, 0.4) is 0 Å². The summed E-state index contributed by atoms with van der Waals surface area (Å²) >= 11 is 5.83. The van der Waals surface area contributed by atoms with E-state index in [0.717, 1.165) is 32.5 Å². The van der Waals surface area contributed by atoms with Crippen LogP contribution < -0.4 is 0 Å². The average molecular weight is 282 g/mol. The molecule has 5 heteroatoms. The van der Waals surface area contributed by atoms with Crippen molar-refractivity contribution < 1.29 is 4.79 Å². The van der Waals surface area contributed by atoms with Gasteiger partial charge in [-0.25, -0.2) is 4.98 Å². The number of hydrogen-bond donors (Lipinski definition) is 0. The highest BCUT2D eigenvalue weighted by Crippen LogP contribution is 2.18. The number of likely N-dealkylation sites (tertiary alicyclic amines) is 1. The predicted octanol–water partition coefficient (Wildman–Crippen LogP) is 2.29. The van der Waals surface area contributed by atoms with Crippen LogP contribution >= 0.6 is 11.6 Å². The zero-order valence-corrected chi connectivity index (χ0v) is 12.2. The van der Waals surface area contributed by atoms with Crippen LogP contribution in [0, 0.1) is 0 Å². The fraction of sp³-hybridized carbons (Fsp3) is 0.571. The summed E-state index contributed by atoms with van der Waals surface area (Å²) in [5.74, 6) is 0.0271. The van der Waals surface area contributed by atoms with Crippen molar-refractivity contribution in [3.63, 3.8) is 0 Å². The lowest BCUT2D eigenvalue weighted by molar-refractivity contribution is 0.0646. The lowest BCUT2D eigenvalue weighted by Crippen LogP contribution is -2.45. The second-order valence-electron chi connectivity index (χ2n) is 4.95. The molecule has 0 aliphatic carbocycles. The van der Waals surface area contributed by atoms with Crippen LogP contribution in [-0.2, 0) is 0 Å². The van der Waals surface area contributed by atoms with Crippen LogP contribution in [-0.4, -0.2) is 53.4 Å². The van der Waals surface area contributed by atoms with Crippen LogP contribution in [0.4, 0.5) is 0 Å². The van der Waals surface area contributed by atoms with Crippen molar-refractivity contribution in [1.29, 1.82) is 0 Å². The molecule has 0 unspecified atom stereocenters. The Labute approximate surface area is 119 Å². The normalized spacial score (nSPS) is 17.4. The summed E-state index contributed by atoms with van der Waals surface area (Å²) in [6.45, 7) is 5.39. The molecular formula is C14H20ClN3O. The largest absolute Gasteiger partial charge is 0.339 e. The molecule has 0 radical (unpaired) electrons. The number of pyridine rings is 1. The van der Waals surface area contributed by atoms with Crippen molar-refractivity contribution in [3.05, 3.63) is 29.0 Å². The Morgan fingerprint density at radius 2 is 2.21 bits per heavy atom. The molecule has 19 heavy (non-hydrogen) atoms. The Morgan fingerprint density at radius 1 is 1.53 bits per heavy atom. The van der Waals surface area contributed by atoms with Crippen molar-refractivity contribution in [2.24, 2.45) is 0 Å². The zero-order valence-electron chi connectivity index (χ0n) is 11.5. The van der Waals surface area contributed by atoms with Gasteiger partial charge in [0.25, 0.3) is 5.91 Å². The van der Waals surface area contributed by atoms with Crippen LogP contribution in [0.2, 0.25) is 5.15 Å². The summed E-state index contributed by atoms with van der Waals surface area (Å²) in [6, 6.07) is 3.66. The van der Waals surface area contributed by atoms with Gasteiger partial charge in [0.2, 0.25) is 0 Å². The smallest absolute Gasteiger partial charge is 0.254 e. The minimum Gasteiger partial charge on any atom is -0.339 e. The van der Waals surface area contributed by atoms with E-state index in [4.69, 9.17) is 11.6 Å². The third-order valence-electron chi connectivity index (χ3n) is 3.85. The Morgan fingerprint density at radius 3 is 2.79 bits per heavy atom. The van der Waals surface area contributed by atoms with E-state index >= 15 is 0 Å². The summed E-state index contributed by atoms with van der Waals surface area (Å²) < 4.78 is 0. The first-order valence-electron chi connectivity index (χ1n) is 6.73. The van der Waals surface area contributed by atoms with Gasteiger partial charge in [-0.3, -0.25) is 4.79 Å².